The zero-order chi connectivity index (χ0) is 13.5. The van der Waals surface area contributed by atoms with E-state index in [2.05, 4.69) is 5.32 Å². The summed E-state index contributed by atoms with van der Waals surface area (Å²) in [5.74, 6) is -1.48. The Balaban J connectivity index is 2.62. The van der Waals surface area contributed by atoms with Gasteiger partial charge >= 0.3 is 5.97 Å². The highest BCUT2D eigenvalue weighted by molar-refractivity contribution is 6.30. The van der Waals surface area contributed by atoms with Crippen molar-refractivity contribution in [3.8, 4) is 0 Å². The van der Waals surface area contributed by atoms with E-state index in [4.69, 9.17) is 16.7 Å². The largest absolute Gasteiger partial charge is 0.480 e. The summed E-state index contributed by atoms with van der Waals surface area (Å²) in [5, 5.41) is 11.8. The Morgan fingerprint density at radius 1 is 1.50 bits per heavy atom. The summed E-state index contributed by atoms with van der Waals surface area (Å²) in [6.45, 7) is 1.69. The second kappa shape index (κ2) is 6.81. The van der Waals surface area contributed by atoms with Crippen molar-refractivity contribution in [2.75, 3.05) is 0 Å². The van der Waals surface area contributed by atoms with Gasteiger partial charge in [0.15, 0.2) is 0 Å². The minimum Gasteiger partial charge on any atom is -0.480 e. The predicted molar refractivity (Wildman–Crippen MR) is 70.3 cm³/mol. The first-order valence-corrected chi connectivity index (χ1v) is 5.87. The quantitative estimate of drug-likeness (QED) is 0.805. The molecule has 1 aromatic carbocycles. The van der Waals surface area contributed by atoms with E-state index >= 15 is 0 Å². The summed E-state index contributed by atoms with van der Waals surface area (Å²) in [5.41, 5.74) is 0.779. The summed E-state index contributed by atoms with van der Waals surface area (Å²) in [6.07, 6.45) is 3.21. The topological polar surface area (TPSA) is 66.4 Å². The predicted octanol–water partition coefficient (Wildman–Crippen LogP) is 2.33. The number of benzene rings is 1. The summed E-state index contributed by atoms with van der Waals surface area (Å²) >= 11 is 5.80. The third-order valence-corrected chi connectivity index (χ3v) is 2.53. The summed E-state index contributed by atoms with van der Waals surface area (Å²) in [7, 11) is 0. The van der Waals surface area contributed by atoms with Gasteiger partial charge in [-0.2, -0.15) is 0 Å². The Kier molecular flexibility index (Phi) is 5.39. The molecule has 0 saturated heterocycles. The molecule has 0 bridgehead atoms. The lowest BCUT2D eigenvalue weighted by Gasteiger charge is -2.09. The number of carboxylic acids is 1. The summed E-state index contributed by atoms with van der Waals surface area (Å²) < 4.78 is 0. The highest BCUT2D eigenvalue weighted by Gasteiger charge is 2.15. The molecule has 0 aromatic heterocycles. The Hall–Kier alpha value is -1.81. The number of rotatable bonds is 5. The van der Waals surface area contributed by atoms with Gasteiger partial charge in [0.1, 0.15) is 6.04 Å². The first-order chi connectivity index (χ1) is 8.52. The normalized spacial score (nSPS) is 12.3. The molecular formula is C13H14ClNO3. The SMILES string of the molecule is CC[C@@H](NC(=O)C=Cc1cccc(Cl)c1)C(=O)O. The highest BCUT2D eigenvalue weighted by atomic mass is 35.5. The molecule has 0 spiro atoms. The van der Waals surface area contributed by atoms with Crippen LogP contribution in [0.15, 0.2) is 30.3 Å². The van der Waals surface area contributed by atoms with Gasteiger partial charge in [-0.25, -0.2) is 4.79 Å². The smallest absolute Gasteiger partial charge is 0.326 e. The van der Waals surface area contributed by atoms with Crippen LogP contribution >= 0.6 is 11.6 Å². The number of hydrogen-bond donors (Lipinski definition) is 2. The molecule has 0 saturated carbocycles. The molecule has 0 heterocycles. The Morgan fingerprint density at radius 3 is 2.78 bits per heavy atom. The van der Waals surface area contributed by atoms with Crippen LogP contribution in [0, 0.1) is 0 Å². The zero-order valence-corrected chi connectivity index (χ0v) is 10.6. The van der Waals surface area contributed by atoms with E-state index in [0.717, 1.165) is 5.56 Å². The van der Waals surface area contributed by atoms with Crippen LogP contribution in [0.2, 0.25) is 5.02 Å². The van der Waals surface area contributed by atoms with Gasteiger partial charge in [0, 0.05) is 11.1 Å². The number of carbonyl (C=O) groups excluding carboxylic acids is 1. The molecule has 1 amide bonds. The maximum absolute atomic E-state index is 11.5. The van der Waals surface area contributed by atoms with Gasteiger partial charge in [0.25, 0.3) is 0 Å². The fourth-order valence-electron chi connectivity index (χ4n) is 1.34. The van der Waals surface area contributed by atoms with E-state index in [0.29, 0.717) is 11.4 Å². The molecule has 1 rings (SSSR count). The molecule has 2 N–H and O–H groups in total. The first-order valence-electron chi connectivity index (χ1n) is 5.50. The van der Waals surface area contributed by atoms with Crippen LogP contribution in [0.25, 0.3) is 6.08 Å². The van der Waals surface area contributed by atoms with Crippen molar-refractivity contribution < 1.29 is 14.7 Å². The third kappa shape index (κ3) is 4.59. The van der Waals surface area contributed by atoms with Crippen molar-refractivity contribution in [3.63, 3.8) is 0 Å². The van der Waals surface area contributed by atoms with Crippen LogP contribution < -0.4 is 5.32 Å². The van der Waals surface area contributed by atoms with Crippen molar-refractivity contribution >= 4 is 29.6 Å². The van der Waals surface area contributed by atoms with Crippen molar-refractivity contribution in [2.45, 2.75) is 19.4 Å². The van der Waals surface area contributed by atoms with Crippen LogP contribution in [0.5, 0.6) is 0 Å². The molecule has 0 radical (unpaired) electrons. The summed E-state index contributed by atoms with van der Waals surface area (Å²) in [4.78, 5) is 22.2. The van der Waals surface area contributed by atoms with E-state index < -0.39 is 17.9 Å². The van der Waals surface area contributed by atoms with Gasteiger partial charge in [-0.05, 0) is 30.2 Å². The van der Waals surface area contributed by atoms with Crippen LogP contribution in [0.4, 0.5) is 0 Å². The summed E-state index contributed by atoms with van der Waals surface area (Å²) in [6, 6.07) is 6.15. The van der Waals surface area contributed by atoms with Crippen LogP contribution in [0.3, 0.4) is 0 Å². The van der Waals surface area contributed by atoms with Crippen LogP contribution in [-0.4, -0.2) is 23.0 Å². The zero-order valence-electron chi connectivity index (χ0n) is 9.89. The number of amides is 1. The van der Waals surface area contributed by atoms with Gasteiger partial charge < -0.3 is 10.4 Å². The minimum absolute atomic E-state index is 0.339. The minimum atomic E-state index is -1.04. The molecule has 0 unspecified atom stereocenters. The number of carboxylic acid groups (broad SMARTS) is 1. The molecule has 0 aliphatic heterocycles. The Bertz CT molecular complexity index is 471. The lowest BCUT2D eigenvalue weighted by molar-refractivity contribution is -0.141. The van der Waals surface area contributed by atoms with E-state index in [-0.39, 0.29) is 0 Å². The van der Waals surface area contributed by atoms with Crippen molar-refractivity contribution in [2.24, 2.45) is 0 Å². The van der Waals surface area contributed by atoms with Crippen LogP contribution in [0.1, 0.15) is 18.9 Å². The van der Waals surface area contributed by atoms with Gasteiger partial charge in [0.2, 0.25) is 5.91 Å². The molecule has 5 heteroatoms. The first kappa shape index (κ1) is 14.3. The number of hydrogen-bond acceptors (Lipinski definition) is 2. The molecule has 18 heavy (non-hydrogen) atoms. The molecule has 0 fully saturated rings. The van der Waals surface area contributed by atoms with Crippen molar-refractivity contribution in [1.29, 1.82) is 0 Å². The standard InChI is InChI=1S/C13H14ClNO3/c1-2-11(13(17)18)15-12(16)7-6-9-4-3-5-10(14)8-9/h3-8,11H,2H2,1H3,(H,15,16)(H,17,18)/t11-/m1/s1. The highest BCUT2D eigenvalue weighted by Crippen LogP contribution is 2.11. The average molecular weight is 268 g/mol. The van der Waals surface area contributed by atoms with E-state index in [9.17, 15) is 9.59 Å². The van der Waals surface area contributed by atoms with Gasteiger partial charge in [0.05, 0.1) is 0 Å². The Labute approximate surface area is 110 Å². The number of halogens is 1. The molecule has 1 aromatic rings. The lowest BCUT2D eigenvalue weighted by Crippen LogP contribution is -2.39. The number of nitrogens with one attached hydrogen (secondary N) is 1. The molecule has 0 aliphatic carbocycles. The fraction of sp³-hybridized carbons (Fsp3) is 0.231. The molecule has 4 nitrogen and oxygen atoms in total. The Morgan fingerprint density at radius 2 is 2.22 bits per heavy atom. The second-order valence-electron chi connectivity index (χ2n) is 3.70. The fourth-order valence-corrected chi connectivity index (χ4v) is 1.54. The van der Waals surface area contributed by atoms with E-state index in [1.54, 1.807) is 37.3 Å². The van der Waals surface area contributed by atoms with E-state index in [1.165, 1.54) is 6.08 Å². The van der Waals surface area contributed by atoms with Gasteiger partial charge in [-0.3, -0.25) is 4.79 Å². The lowest BCUT2D eigenvalue weighted by atomic mass is 10.2. The van der Waals surface area contributed by atoms with Crippen LogP contribution in [-0.2, 0) is 9.59 Å². The number of carbonyl (C=O) groups is 2. The van der Waals surface area contributed by atoms with Crippen molar-refractivity contribution in [3.05, 3.63) is 40.9 Å². The van der Waals surface area contributed by atoms with Crippen molar-refractivity contribution in [1.82, 2.24) is 5.32 Å². The molecule has 0 aliphatic rings. The van der Waals surface area contributed by atoms with E-state index in [1.807, 2.05) is 0 Å². The van der Waals surface area contributed by atoms with Gasteiger partial charge in [-0.1, -0.05) is 30.7 Å². The maximum Gasteiger partial charge on any atom is 0.326 e. The number of aliphatic carboxylic acids is 1. The second-order valence-corrected chi connectivity index (χ2v) is 4.13. The molecule has 96 valence electrons. The monoisotopic (exact) mass is 267 g/mol. The third-order valence-electron chi connectivity index (χ3n) is 2.30. The van der Waals surface area contributed by atoms with Gasteiger partial charge in [-0.15, -0.1) is 0 Å². The maximum atomic E-state index is 11.5. The molecular weight excluding hydrogens is 254 g/mol. The average Bonchev–Trinajstić information content (AvgIpc) is 2.33. The molecule has 1 atom stereocenters.